The van der Waals surface area contributed by atoms with Crippen LogP contribution >= 0.6 is 0 Å². The van der Waals surface area contributed by atoms with Crippen molar-refractivity contribution < 1.29 is 4.39 Å². The number of nitrogens with two attached hydrogens (primary N) is 1. The van der Waals surface area contributed by atoms with E-state index in [-0.39, 0.29) is 11.9 Å². The second kappa shape index (κ2) is 5.72. The third-order valence-corrected chi connectivity index (χ3v) is 3.23. The van der Waals surface area contributed by atoms with Crippen molar-refractivity contribution in [3.05, 3.63) is 59.4 Å². The molecule has 2 rings (SSSR count). The van der Waals surface area contributed by atoms with Gasteiger partial charge < -0.3 is 10.6 Å². The van der Waals surface area contributed by atoms with Crippen LogP contribution in [0.3, 0.4) is 0 Å². The highest BCUT2D eigenvalue weighted by molar-refractivity contribution is 5.71. The lowest BCUT2D eigenvalue weighted by atomic mass is 10.0. The fourth-order valence-electron chi connectivity index (χ4n) is 2.23. The normalized spacial score (nSPS) is 11.8. The molecule has 0 saturated carbocycles. The number of para-hydroxylation sites is 2. The summed E-state index contributed by atoms with van der Waals surface area (Å²) in [6.07, 6.45) is 0. The van der Waals surface area contributed by atoms with Crippen molar-refractivity contribution in [3.8, 4) is 6.07 Å². The minimum atomic E-state index is -0.352. The van der Waals surface area contributed by atoms with Gasteiger partial charge in [-0.05, 0) is 30.7 Å². The molecule has 0 aliphatic carbocycles. The van der Waals surface area contributed by atoms with Crippen molar-refractivity contribution >= 4 is 11.4 Å². The zero-order chi connectivity index (χ0) is 14.7. The second-order valence-corrected chi connectivity index (χ2v) is 4.65. The number of hydrogen-bond acceptors (Lipinski definition) is 3. The van der Waals surface area contributed by atoms with E-state index in [0.29, 0.717) is 22.5 Å². The molecule has 102 valence electrons. The van der Waals surface area contributed by atoms with Gasteiger partial charge in [-0.2, -0.15) is 5.26 Å². The van der Waals surface area contributed by atoms with Gasteiger partial charge in [0.2, 0.25) is 0 Å². The molecule has 2 aromatic rings. The second-order valence-electron chi connectivity index (χ2n) is 4.65. The maximum absolute atomic E-state index is 14.2. The Morgan fingerprint density at radius 3 is 2.55 bits per heavy atom. The summed E-state index contributed by atoms with van der Waals surface area (Å²) < 4.78 is 14.2. The standard InChI is InChI=1S/C16H16FN3/c1-11(19)13-7-5-8-14(17)16(13)20(2)15-9-4-3-6-12(15)10-18/h3-9,11H,19H2,1-2H3. The third-order valence-electron chi connectivity index (χ3n) is 3.23. The minimum Gasteiger partial charge on any atom is -0.341 e. The van der Waals surface area contributed by atoms with Crippen LogP contribution in [-0.2, 0) is 0 Å². The van der Waals surface area contributed by atoms with Gasteiger partial charge >= 0.3 is 0 Å². The van der Waals surface area contributed by atoms with Crippen LogP contribution in [0.1, 0.15) is 24.1 Å². The van der Waals surface area contributed by atoms with Crippen molar-refractivity contribution in [1.29, 1.82) is 5.26 Å². The van der Waals surface area contributed by atoms with Crippen molar-refractivity contribution in [2.75, 3.05) is 11.9 Å². The van der Waals surface area contributed by atoms with Crippen LogP contribution in [0.25, 0.3) is 0 Å². The molecule has 0 aliphatic heterocycles. The first-order valence-electron chi connectivity index (χ1n) is 6.33. The van der Waals surface area contributed by atoms with Crippen LogP contribution in [0.5, 0.6) is 0 Å². The SMILES string of the molecule is CC(N)c1cccc(F)c1N(C)c1ccccc1C#N. The molecule has 2 aromatic carbocycles. The molecule has 0 aliphatic rings. The molecule has 4 heteroatoms. The first-order chi connectivity index (χ1) is 9.56. The Hall–Kier alpha value is -2.38. The predicted molar refractivity (Wildman–Crippen MR) is 78.2 cm³/mol. The Balaban J connectivity index is 2.60. The van der Waals surface area contributed by atoms with Gasteiger partial charge in [0.1, 0.15) is 11.9 Å². The Labute approximate surface area is 118 Å². The molecule has 0 heterocycles. The zero-order valence-corrected chi connectivity index (χ0v) is 11.5. The van der Waals surface area contributed by atoms with E-state index < -0.39 is 0 Å². The lowest BCUT2D eigenvalue weighted by Gasteiger charge is -2.25. The Morgan fingerprint density at radius 2 is 1.90 bits per heavy atom. The Bertz CT molecular complexity index is 659. The summed E-state index contributed by atoms with van der Waals surface area (Å²) in [5.41, 5.74) is 8.18. The monoisotopic (exact) mass is 269 g/mol. The van der Waals surface area contributed by atoms with Crippen molar-refractivity contribution in [2.24, 2.45) is 5.73 Å². The van der Waals surface area contributed by atoms with Gasteiger partial charge in [-0.1, -0.05) is 24.3 Å². The fourth-order valence-corrected chi connectivity index (χ4v) is 2.23. The van der Waals surface area contributed by atoms with Crippen LogP contribution in [0.2, 0.25) is 0 Å². The van der Waals surface area contributed by atoms with Gasteiger partial charge in [0.15, 0.2) is 0 Å². The molecule has 0 spiro atoms. The summed E-state index contributed by atoms with van der Waals surface area (Å²) >= 11 is 0. The van der Waals surface area contributed by atoms with E-state index in [1.54, 1.807) is 42.3 Å². The zero-order valence-electron chi connectivity index (χ0n) is 11.5. The van der Waals surface area contributed by atoms with E-state index in [0.717, 1.165) is 0 Å². The molecular weight excluding hydrogens is 253 g/mol. The van der Waals surface area contributed by atoms with Crippen molar-refractivity contribution in [2.45, 2.75) is 13.0 Å². The summed E-state index contributed by atoms with van der Waals surface area (Å²) in [4.78, 5) is 1.67. The molecule has 0 radical (unpaired) electrons. The topological polar surface area (TPSA) is 53.0 Å². The van der Waals surface area contributed by atoms with Crippen molar-refractivity contribution in [1.82, 2.24) is 0 Å². The van der Waals surface area contributed by atoms with Gasteiger partial charge in [0, 0.05) is 13.1 Å². The smallest absolute Gasteiger partial charge is 0.147 e. The largest absolute Gasteiger partial charge is 0.341 e. The van der Waals surface area contributed by atoms with Crippen LogP contribution in [-0.4, -0.2) is 7.05 Å². The molecule has 0 aromatic heterocycles. The van der Waals surface area contributed by atoms with Gasteiger partial charge in [-0.25, -0.2) is 4.39 Å². The van der Waals surface area contributed by atoms with Crippen LogP contribution in [0.4, 0.5) is 15.8 Å². The molecule has 0 fully saturated rings. The van der Waals surface area contributed by atoms with E-state index >= 15 is 0 Å². The summed E-state index contributed by atoms with van der Waals surface area (Å²) in [5, 5.41) is 9.17. The molecule has 0 bridgehead atoms. The van der Waals surface area contributed by atoms with Crippen LogP contribution < -0.4 is 10.6 Å². The molecule has 1 atom stereocenters. The number of benzene rings is 2. The van der Waals surface area contributed by atoms with Gasteiger partial charge in [0.05, 0.1) is 16.9 Å². The predicted octanol–water partition coefficient (Wildman–Crippen LogP) is 3.48. The maximum atomic E-state index is 14.2. The molecule has 0 saturated heterocycles. The Kier molecular flexibility index (Phi) is 4.02. The minimum absolute atomic E-state index is 0.294. The van der Waals surface area contributed by atoms with E-state index in [1.807, 2.05) is 13.0 Å². The lowest BCUT2D eigenvalue weighted by molar-refractivity contribution is 0.622. The Morgan fingerprint density at radius 1 is 1.20 bits per heavy atom. The average Bonchev–Trinajstić information content (AvgIpc) is 2.46. The summed E-state index contributed by atoms with van der Waals surface area (Å²) in [7, 11) is 1.74. The molecule has 1 unspecified atom stereocenters. The molecule has 20 heavy (non-hydrogen) atoms. The van der Waals surface area contributed by atoms with E-state index in [2.05, 4.69) is 6.07 Å². The van der Waals surface area contributed by atoms with E-state index in [4.69, 9.17) is 11.0 Å². The van der Waals surface area contributed by atoms with Crippen LogP contribution in [0.15, 0.2) is 42.5 Å². The first-order valence-corrected chi connectivity index (χ1v) is 6.33. The highest BCUT2D eigenvalue weighted by Crippen LogP contribution is 2.33. The summed E-state index contributed by atoms with van der Waals surface area (Å²) in [6, 6.07) is 13.8. The molecule has 0 amide bonds. The number of hydrogen-bond donors (Lipinski definition) is 1. The highest BCUT2D eigenvalue weighted by atomic mass is 19.1. The van der Waals surface area contributed by atoms with E-state index in [9.17, 15) is 4.39 Å². The number of nitriles is 1. The fraction of sp³-hybridized carbons (Fsp3) is 0.188. The van der Waals surface area contributed by atoms with Gasteiger partial charge in [0.25, 0.3) is 0 Å². The first kappa shape index (κ1) is 14.0. The summed E-state index contributed by atoms with van der Waals surface area (Å²) in [6.45, 7) is 1.81. The molecular formula is C16H16FN3. The number of nitrogens with zero attached hydrogens (tertiary/aromatic N) is 2. The van der Waals surface area contributed by atoms with Crippen LogP contribution in [0, 0.1) is 17.1 Å². The lowest BCUT2D eigenvalue weighted by Crippen LogP contribution is -2.18. The van der Waals surface area contributed by atoms with Crippen molar-refractivity contribution in [3.63, 3.8) is 0 Å². The number of anilines is 2. The molecule has 2 N–H and O–H groups in total. The van der Waals surface area contributed by atoms with E-state index in [1.165, 1.54) is 6.07 Å². The third kappa shape index (κ3) is 2.49. The molecule has 3 nitrogen and oxygen atoms in total. The van der Waals surface area contributed by atoms with Gasteiger partial charge in [-0.3, -0.25) is 0 Å². The van der Waals surface area contributed by atoms with Gasteiger partial charge in [-0.15, -0.1) is 0 Å². The summed E-state index contributed by atoms with van der Waals surface area (Å²) in [5.74, 6) is -0.352. The number of rotatable bonds is 3. The maximum Gasteiger partial charge on any atom is 0.147 e. The number of halogens is 1. The quantitative estimate of drug-likeness (QED) is 0.928. The highest BCUT2D eigenvalue weighted by Gasteiger charge is 2.18. The average molecular weight is 269 g/mol.